The van der Waals surface area contributed by atoms with Crippen LogP contribution in [-0.4, -0.2) is 37.6 Å². The first-order valence-electron chi connectivity index (χ1n) is 11.9. The van der Waals surface area contributed by atoms with Crippen LogP contribution in [0.25, 0.3) is 11.1 Å². The van der Waals surface area contributed by atoms with E-state index in [1.165, 1.54) is 34.4 Å². The zero-order valence-corrected chi connectivity index (χ0v) is 18.4. The summed E-state index contributed by atoms with van der Waals surface area (Å²) in [5.41, 5.74) is 7.51. The average molecular weight is 414 g/mol. The molecule has 0 aromatic heterocycles. The van der Waals surface area contributed by atoms with Crippen molar-refractivity contribution in [1.82, 2.24) is 10.6 Å². The molecule has 0 bridgehead atoms. The molecule has 2 aromatic carbocycles. The van der Waals surface area contributed by atoms with Crippen LogP contribution < -0.4 is 26.0 Å². The first-order chi connectivity index (χ1) is 15.1. The van der Waals surface area contributed by atoms with Gasteiger partial charge in [-0.3, -0.25) is 4.79 Å². The summed E-state index contributed by atoms with van der Waals surface area (Å²) in [5, 5.41) is 9.84. The van der Waals surface area contributed by atoms with E-state index in [1.807, 2.05) is 0 Å². The average Bonchev–Trinajstić information content (AvgIpc) is 3.45. The molecule has 1 amide bonds. The molecule has 6 rings (SSSR count). The molecule has 3 aliphatic carbocycles. The molecule has 2 aromatic rings. The fraction of sp³-hybridized carbons (Fsp3) is 0.444. The van der Waals surface area contributed by atoms with Gasteiger partial charge in [0.15, 0.2) is 0 Å². The molecule has 0 radical (unpaired) electrons. The number of amides is 1. The molecule has 0 spiro atoms. The van der Waals surface area contributed by atoms with Crippen LogP contribution in [0.15, 0.2) is 36.4 Å². The normalized spacial score (nSPS) is 21.1. The molecular formula is C27H31N3O. The number of rotatable bonds is 4. The Hall–Kier alpha value is -2.59. The van der Waals surface area contributed by atoms with Crippen LogP contribution in [0, 0.1) is 6.92 Å². The summed E-state index contributed by atoms with van der Waals surface area (Å²) in [7, 11) is 0. The summed E-state index contributed by atoms with van der Waals surface area (Å²) in [4.78, 5) is 15.9. The fourth-order valence-electron chi connectivity index (χ4n) is 5.93. The predicted molar refractivity (Wildman–Crippen MR) is 126 cm³/mol. The molecule has 1 saturated heterocycles. The van der Waals surface area contributed by atoms with Crippen LogP contribution in [0.4, 0.5) is 5.69 Å². The van der Waals surface area contributed by atoms with E-state index in [0.717, 1.165) is 68.7 Å². The third-order valence-electron chi connectivity index (χ3n) is 7.83. The molecule has 1 saturated carbocycles. The van der Waals surface area contributed by atoms with E-state index in [9.17, 15) is 4.79 Å². The molecule has 4 nitrogen and oxygen atoms in total. The second-order valence-corrected chi connectivity index (χ2v) is 9.69. The number of anilines is 1. The molecule has 160 valence electrons. The molecular weight excluding hydrogens is 382 g/mol. The van der Waals surface area contributed by atoms with Crippen LogP contribution >= 0.6 is 0 Å². The zero-order chi connectivity index (χ0) is 21.0. The molecule has 0 atom stereocenters. The summed E-state index contributed by atoms with van der Waals surface area (Å²) in [5.74, 6) is 0.0850. The van der Waals surface area contributed by atoms with Crippen molar-refractivity contribution in [2.24, 2.45) is 0 Å². The predicted octanol–water partition coefficient (Wildman–Crippen LogP) is 2.41. The molecule has 2 fully saturated rings. The summed E-state index contributed by atoms with van der Waals surface area (Å²) in [6.07, 6.45) is 6.77. The summed E-state index contributed by atoms with van der Waals surface area (Å²) in [6.45, 7) is 6.03. The number of nitrogens with one attached hydrogen (secondary N) is 2. The number of nitrogens with zero attached hydrogens (tertiary/aromatic N) is 1. The monoisotopic (exact) mass is 413 g/mol. The van der Waals surface area contributed by atoms with Crippen molar-refractivity contribution in [1.29, 1.82) is 0 Å². The molecule has 1 heterocycles. The van der Waals surface area contributed by atoms with E-state index in [-0.39, 0.29) is 11.4 Å². The SMILES string of the molecule is Cc1ccc(N2CCNCC2)cc1C(=O)NC1(C2=c3cccc4c3=C(CC2)CC4)CC1. The second kappa shape index (κ2) is 7.23. The molecule has 2 N–H and O–H groups in total. The van der Waals surface area contributed by atoms with Gasteiger partial charge in [0.05, 0.1) is 5.54 Å². The highest BCUT2D eigenvalue weighted by Gasteiger charge is 2.48. The number of carbonyl (C=O) groups is 1. The number of carbonyl (C=O) groups excluding carboxylic acids is 1. The van der Waals surface area contributed by atoms with Crippen molar-refractivity contribution >= 4 is 22.7 Å². The molecule has 1 aliphatic heterocycles. The Balaban J connectivity index is 1.34. The Kier molecular flexibility index (Phi) is 4.46. The van der Waals surface area contributed by atoms with Gasteiger partial charge in [0.1, 0.15) is 0 Å². The van der Waals surface area contributed by atoms with Gasteiger partial charge in [-0.15, -0.1) is 0 Å². The van der Waals surface area contributed by atoms with Gasteiger partial charge in [-0.2, -0.15) is 0 Å². The fourth-order valence-corrected chi connectivity index (χ4v) is 5.93. The van der Waals surface area contributed by atoms with E-state index in [0.29, 0.717) is 0 Å². The molecule has 31 heavy (non-hydrogen) atoms. The van der Waals surface area contributed by atoms with Crippen LogP contribution in [0.2, 0.25) is 0 Å². The van der Waals surface area contributed by atoms with Gasteiger partial charge in [0.2, 0.25) is 0 Å². The highest BCUT2D eigenvalue weighted by Crippen LogP contribution is 2.46. The Morgan fingerprint density at radius 2 is 1.84 bits per heavy atom. The molecule has 4 heteroatoms. The number of aryl methyl sites for hydroxylation is 2. The minimum atomic E-state index is -0.141. The van der Waals surface area contributed by atoms with Crippen molar-refractivity contribution in [3.05, 3.63) is 63.5 Å². The maximum Gasteiger partial charge on any atom is 0.252 e. The van der Waals surface area contributed by atoms with E-state index in [2.05, 4.69) is 58.9 Å². The lowest BCUT2D eigenvalue weighted by Gasteiger charge is -2.30. The highest BCUT2D eigenvalue weighted by molar-refractivity contribution is 5.98. The van der Waals surface area contributed by atoms with Crippen LogP contribution in [-0.2, 0) is 6.42 Å². The zero-order valence-electron chi connectivity index (χ0n) is 18.4. The minimum absolute atomic E-state index is 0.0850. The van der Waals surface area contributed by atoms with Crippen molar-refractivity contribution in [2.45, 2.75) is 51.0 Å². The van der Waals surface area contributed by atoms with Crippen molar-refractivity contribution < 1.29 is 4.79 Å². The lowest BCUT2D eigenvalue weighted by Crippen LogP contribution is -2.45. The first kappa shape index (κ1) is 19.1. The number of hydrogen-bond acceptors (Lipinski definition) is 3. The molecule has 0 unspecified atom stereocenters. The highest BCUT2D eigenvalue weighted by atomic mass is 16.1. The number of benzene rings is 2. The van der Waals surface area contributed by atoms with Crippen molar-refractivity contribution in [3.8, 4) is 0 Å². The minimum Gasteiger partial charge on any atom is -0.369 e. The van der Waals surface area contributed by atoms with Gasteiger partial charge < -0.3 is 15.5 Å². The smallest absolute Gasteiger partial charge is 0.252 e. The van der Waals surface area contributed by atoms with Gasteiger partial charge in [-0.1, -0.05) is 29.8 Å². The maximum atomic E-state index is 13.5. The Labute approximate surface area is 184 Å². The van der Waals surface area contributed by atoms with Gasteiger partial charge in [0, 0.05) is 37.4 Å². The van der Waals surface area contributed by atoms with E-state index >= 15 is 0 Å². The largest absolute Gasteiger partial charge is 0.369 e. The van der Waals surface area contributed by atoms with Crippen LogP contribution in [0.3, 0.4) is 0 Å². The van der Waals surface area contributed by atoms with Crippen molar-refractivity contribution in [2.75, 3.05) is 31.1 Å². The Morgan fingerprint density at radius 1 is 1.03 bits per heavy atom. The summed E-state index contributed by atoms with van der Waals surface area (Å²) in [6, 6.07) is 13.2. The second-order valence-electron chi connectivity index (χ2n) is 9.69. The first-order valence-corrected chi connectivity index (χ1v) is 11.9. The van der Waals surface area contributed by atoms with E-state index in [1.54, 1.807) is 5.57 Å². The topological polar surface area (TPSA) is 44.4 Å². The quantitative estimate of drug-likeness (QED) is 0.809. The van der Waals surface area contributed by atoms with Gasteiger partial charge in [-0.05, 0) is 84.7 Å². The lowest BCUT2D eigenvalue weighted by atomic mass is 9.88. The van der Waals surface area contributed by atoms with Crippen LogP contribution in [0.5, 0.6) is 0 Å². The van der Waals surface area contributed by atoms with Gasteiger partial charge in [-0.25, -0.2) is 0 Å². The van der Waals surface area contributed by atoms with E-state index in [4.69, 9.17) is 0 Å². The van der Waals surface area contributed by atoms with Gasteiger partial charge in [0.25, 0.3) is 5.91 Å². The Morgan fingerprint density at radius 3 is 2.65 bits per heavy atom. The van der Waals surface area contributed by atoms with Crippen LogP contribution in [0.1, 0.15) is 53.6 Å². The van der Waals surface area contributed by atoms with E-state index < -0.39 is 0 Å². The number of hydrogen-bond donors (Lipinski definition) is 2. The summed E-state index contributed by atoms with van der Waals surface area (Å²) < 4.78 is 0. The van der Waals surface area contributed by atoms with Gasteiger partial charge >= 0.3 is 0 Å². The third kappa shape index (κ3) is 3.20. The number of piperazine rings is 1. The van der Waals surface area contributed by atoms with Crippen molar-refractivity contribution in [3.63, 3.8) is 0 Å². The Bertz CT molecular complexity index is 1190. The lowest BCUT2D eigenvalue weighted by molar-refractivity contribution is 0.0940. The summed E-state index contributed by atoms with van der Waals surface area (Å²) >= 11 is 0. The standard InChI is InChI=1S/C27H31N3O/c1-18-5-9-21(30-15-13-28-14-16-30)17-23(18)26(31)29-27(11-12-27)24-10-8-20-7-6-19-3-2-4-22(24)25(19)20/h2-5,9,17,28H,6-8,10-16H2,1H3,(H,29,31). The third-order valence-corrected chi connectivity index (χ3v) is 7.83. The molecule has 4 aliphatic rings. The maximum absolute atomic E-state index is 13.5.